The van der Waals surface area contributed by atoms with E-state index in [0.717, 1.165) is 23.7 Å². The van der Waals surface area contributed by atoms with Gasteiger partial charge in [0.25, 0.3) is 0 Å². The van der Waals surface area contributed by atoms with E-state index in [1.165, 1.54) is 25.7 Å². The summed E-state index contributed by atoms with van der Waals surface area (Å²) in [7, 11) is 0. The monoisotopic (exact) mass is 336 g/mol. The Balaban J connectivity index is 0.000000243. The molecule has 2 aliphatic carbocycles. The lowest BCUT2D eigenvalue weighted by molar-refractivity contribution is 0.0992. The zero-order valence-corrected chi connectivity index (χ0v) is 19.1. The van der Waals surface area contributed by atoms with Crippen molar-refractivity contribution in [2.45, 2.75) is 109 Å². The third-order valence-corrected chi connectivity index (χ3v) is 6.76. The van der Waals surface area contributed by atoms with E-state index in [2.05, 4.69) is 83.1 Å². The van der Waals surface area contributed by atoms with E-state index in [4.69, 9.17) is 0 Å². The molecule has 0 nitrogen and oxygen atoms in total. The highest BCUT2D eigenvalue weighted by Gasteiger charge is 2.50. The van der Waals surface area contributed by atoms with Crippen molar-refractivity contribution in [3.05, 3.63) is 0 Å². The molecule has 0 amide bonds. The molecule has 0 heterocycles. The Morgan fingerprint density at radius 2 is 0.667 bits per heavy atom. The molecule has 0 spiro atoms. The number of rotatable bonds is 0. The van der Waals surface area contributed by atoms with Gasteiger partial charge in [-0.3, -0.25) is 0 Å². The van der Waals surface area contributed by atoms with E-state index >= 15 is 0 Å². The molecule has 4 unspecified atom stereocenters. The lowest BCUT2D eigenvalue weighted by Gasteiger charge is -2.39. The van der Waals surface area contributed by atoms with Gasteiger partial charge in [0.2, 0.25) is 0 Å². The van der Waals surface area contributed by atoms with Crippen LogP contribution < -0.4 is 0 Å². The molecule has 24 heavy (non-hydrogen) atoms. The first-order chi connectivity index (χ1) is 10.5. The van der Waals surface area contributed by atoms with E-state index < -0.39 is 0 Å². The standard InChI is InChI=1S/C13H26.C11H22/c1-12(2,3)10-8-7-9-11(10)13(4,5)6;1-10(2,3)8-7-9(8)11(4,5)6/h10-11H,7-9H2,1-6H3;8-9H,7H2,1-6H3. The van der Waals surface area contributed by atoms with Gasteiger partial charge in [0, 0.05) is 0 Å². The number of hydrogen-bond acceptors (Lipinski definition) is 0. The molecule has 0 aromatic rings. The average molecular weight is 337 g/mol. The summed E-state index contributed by atoms with van der Waals surface area (Å²) in [6, 6.07) is 0. The molecular formula is C24H48. The normalized spacial score (nSPS) is 31.5. The van der Waals surface area contributed by atoms with E-state index in [0.29, 0.717) is 21.7 Å². The van der Waals surface area contributed by atoms with Crippen LogP contribution in [0, 0.1) is 45.3 Å². The molecule has 2 fully saturated rings. The lowest BCUT2D eigenvalue weighted by Crippen LogP contribution is -2.32. The smallest absolute Gasteiger partial charge is 0.0329 e. The van der Waals surface area contributed by atoms with Crippen LogP contribution in [-0.4, -0.2) is 0 Å². The molecule has 4 atom stereocenters. The predicted octanol–water partition coefficient (Wildman–Crippen LogP) is 8.21. The lowest BCUT2D eigenvalue weighted by atomic mass is 9.66. The van der Waals surface area contributed by atoms with Crippen LogP contribution in [-0.2, 0) is 0 Å². The van der Waals surface area contributed by atoms with E-state index in [1.54, 1.807) is 0 Å². The Morgan fingerprint density at radius 1 is 0.417 bits per heavy atom. The van der Waals surface area contributed by atoms with Crippen LogP contribution in [0.1, 0.15) is 109 Å². The van der Waals surface area contributed by atoms with Crippen molar-refractivity contribution in [3.8, 4) is 0 Å². The van der Waals surface area contributed by atoms with Gasteiger partial charge in [-0.2, -0.15) is 0 Å². The Labute approximate surface area is 154 Å². The summed E-state index contributed by atoms with van der Waals surface area (Å²) in [5.74, 6) is 3.82. The first-order valence-corrected chi connectivity index (χ1v) is 10.5. The Kier molecular flexibility index (Phi) is 6.39. The molecule has 0 aromatic heterocycles. The maximum Gasteiger partial charge on any atom is -0.0329 e. The fraction of sp³-hybridized carbons (Fsp3) is 1.00. The summed E-state index contributed by atoms with van der Waals surface area (Å²) in [4.78, 5) is 0. The molecule has 144 valence electrons. The van der Waals surface area contributed by atoms with Gasteiger partial charge in [0.05, 0.1) is 0 Å². The van der Waals surface area contributed by atoms with Crippen LogP contribution in [0.25, 0.3) is 0 Å². The van der Waals surface area contributed by atoms with Gasteiger partial charge in [-0.15, -0.1) is 0 Å². The summed E-state index contributed by atoms with van der Waals surface area (Å²) in [6.07, 6.45) is 5.80. The van der Waals surface area contributed by atoms with Gasteiger partial charge in [0.15, 0.2) is 0 Å². The van der Waals surface area contributed by atoms with Crippen molar-refractivity contribution in [1.82, 2.24) is 0 Å². The maximum atomic E-state index is 2.40. The first-order valence-electron chi connectivity index (χ1n) is 10.5. The Bertz CT molecular complexity index is 350. The van der Waals surface area contributed by atoms with Crippen LogP contribution in [0.3, 0.4) is 0 Å². The van der Waals surface area contributed by atoms with Crippen LogP contribution in [0.15, 0.2) is 0 Å². The molecule has 0 N–H and O–H groups in total. The van der Waals surface area contributed by atoms with Crippen molar-refractivity contribution >= 4 is 0 Å². The van der Waals surface area contributed by atoms with E-state index in [9.17, 15) is 0 Å². The van der Waals surface area contributed by atoms with Gasteiger partial charge < -0.3 is 0 Å². The van der Waals surface area contributed by atoms with Crippen molar-refractivity contribution in [2.75, 3.05) is 0 Å². The van der Waals surface area contributed by atoms with Crippen molar-refractivity contribution in [3.63, 3.8) is 0 Å². The summed E-state index contributed by atoms with van der Waals surface area (Å²) < 4.78 is 0. The van der Waals surface area contributed by atoms with Crippen LogP contribution in [0.5, 0.6) is 0 Å². The quantitative estimate of drug-likeness (QED) is 0.418. The Morgan fingerprint density at radius 3 is 0.833 bits per heavy atom. The van der Waals surface area contributed by atoms with Crippen molar-refractivity contribution in [2.24, 2.45) is 45.3 Å². The second kappa shape index (κ2) is 6.96. The van der Waals surface area contributed by atoms with Crippen molar-refractivity contribution in [1.29, 1.82) is 0 Å². The fourth-order valence-electron chi connectivity index (χ4n) is 5.14. The highest BCUT2D eigenvalue weighted by atomic mass is 14.5. The predicted molar refractivity (Wildman–Crippen MR) is 110 cm³/mol. The minimum atomic E-state index is 0.508. The van der Waals surface area contributed by atoms with Gasteiger partial charge in [-0.1, -0.05) is 89.5 Å². The van der Waals surface area contributed by atoms with Gasteiger partial charge in [-0.25, -0.2) is 0 Å². The molecule has 0 aliphatic heterocycles. The second-order valence-electron chi connectivity index (χ2n) is 13.1. The molecule has 2 rings (SSSR count). The third kappa shape index (κ3) is 6.06. The second-order valence-corrected chi connectivity index (χ2v) is 13.1. The van der Waals surface area contributed by atoms with Gasteiger partial charge in [-0.05, 0) is 64.6 Å². The summed E-state index contributed by atoms with van der Waals surface area (Å²) >= 11 is 0. The van der Waals surface area contributed by atoms with E-state index in [-0.39, 0.29) is 0 Å². The highest BCUT2D eigenvalue weighted by molar-refractivity contribution is 4.99. The van der Waals surface area contributed by atoms with E-state index in [1.807, 2.05) is 0 Å². The SMILES string of the molecule is CC(C)(C)C1CC1C(C)(C)C.CC(C)(C)C1CCCC1C(C)(C)C. The molecular weight excluding hydrogens is 288 g/mol. The third-order valence-electron chi connectivity index (χ3n) is 6.76. The molecule has 2 aliphatic rings. The summed E-state index contributed by atoms with van der Waals surface area (Å²) in [6.45, 7) is 28.6. The topological polar surface area (TPSA) is 0 Å². The molecule has 0 heteroatoms. The average Bonchev–Trinajstić information content (AvgIpc) is 2.97. The fourth-order valence-corrected chi connectivity index (χ4v) is 5.14. The molecule has 2 saturated carbocycles. The van der Waals surface area contributed by atoms with Crippen LogP contribution >= 0.6 is 0 Å². The van der Waals surface area contributed by atoms with Crippen LogP contribution in [0.2, 0.25) is 0 Å². The Hall–Kier alpha value is 0. The maximum absolute atomic E-state index is 2.40. The zero-order chi connectivity index (χ0) is 19.1. The zero-order valence-electron chi connectivity index (χ0n) is 19.1. The molecule has 0 saturated heterocycles. The van der Waals surface area contributed by atoms with Gasteiger partial charge >= 0.3 is 0 Å². The van der Waals surface area contributed by atoms with Gasteiger partial charge in [0.1, 0.15) is 0 Å². The summed E-state index contributed by atoms with van der Waals surface area (Å²) in [5, 5.41) is 0. The minimum absolute atomic E-state index is 0.508. The molecule has 0 radical (unpaired) electrons. The molecule has 0 aromatic carbocycles. The van der Waals surface area contributed by atoms with Crippen molar-refractivity contribution < 1.29 is 0 Å². The largest absolute Gasteiger partial charge is 0.0599 e. The highest BCUT2D eigenvalue weighted by Crippen LogP contribution is 2.58. The first kappa shape index (κ1) is 22.0. The van der Waals surface area contributed by atoms with Crippen LogP contribution in [0.4, 0.5) is 0 Å². The number of hydrogen-bond donors (Lipinski definition) is 0. The minimum Gasteiger partial charge on any atom is -0.0599 e. The summed E-state index contributed by atoms with van der Waals surface area (Å²) in [5.41, 5.74) is 2.10. The molecule has 0 bridgehead atoms.